The maximum absolute atomic E-state index is 5.45. The second-order valence-corrected chi connectivity index (χ2v) is 4.43. The lowest BCUT2D eigenvalue weighted by molar-refractivity contribution is 0.363. The van der Waals surface area contributed by atoms with Crippen molar-refractivity contribution >= 4 is 0 Å². The Bertz CT molecular complexity index is 370. The van der Waals surface area contributed by atoms with Gasteiger partial charge in [-0.1, -0.05) is 0 Å². The van der Waals surface area contributed by atoms with Crippen LogP contribution in [0.3, 0.4) is 0 Å². The predicted molar refractivity (Wildman–Crippen MR) is 64.1 cm³/mol. The van der Waals surface area contributed by atoms with Crippen LogP contribution in [0.5, 0.6) is 11.5 Å². The fourth-order valence-corrected chi connectivity index (χ4v) is 2.38. The van der Waals surface area contributed by atoms with Crippen LogP contribution in [0.4, 0.5) is 0 Å². The van der Waals surface area contributed by atoms with Crippen LogP contribution in [0.2, 0.25) is 0 Å². The van der Waals surface area contributed by atoms with Gasteiger partial charge in [0.05, 0.1) is 14.2 Å². The Balaban J connectivity index is 2.39. The molecule has 1 heterocycles. The molecule has 1 unspecified atom stereocenters. The summed E-state index contributed by atoms with van der Waals surface area (Å²) in [5, 5.41) is 3.54. The molecule has 88 valence electrons. The molecule has 16 heavy (non-hydrogen) atoms. The van der Waals surface area contributed by atoms with E-state index < -0.39 is 0 Å². The third kappa shape index (κ3) is 1.87. The van der Waals surface area contributed by atoms with E-state index in [9.17, 15) is 0 Å². The lowest BCUT2D eigenvalue weighted by Gasteiger charge is -2.27. The first kappa shape index (κ1) is 11.3. The Morgan fingerprint density at radius 2 is 2.06 bits per heavy atom. The summed E-state index contributed by atoms with van der Waals surface area (Å²) in [6, 6.07) is 6.03. The van der Waals surface area contributed by atoms with Gasteiger partial charge in [-0.2, -0.15) is 0 Å². The number of methoxy groups -OCH3 is 2. The quantitative estimate of drug-likeness (QED) is 0.849. The van der Waals surface area contributed by atoms with Crippen molar-refractivity contribution in [3.63, 3.8) is 0 Å². The highest BCUT2D eigenvalue weighted by molar-refractivity contribution is 5.44. The molecule has 1 aromatic rings. The minimum absolute atomic E-state index is 0.0393. The summed E-state index contributed by atoms with van der Waals surface area (Å²) in [4.78, 5) is 0. The topological polar surface area (TPSA) is 30.5 Å². The van der Waals surface area contributed by atoms with Crippen molar-refractivity contribution < 1.29 is 9.47 Å². The Labute approximate surface area is 96.8 Å². The number of benzene rings is 1. The van der Waals surface area contributed by atoms with Gasteiger partial charge >= 0.3 is 0 Å². The molecular weight excluding hydrogens is 202 g/mol. The highest BCUT2D eigenvalue weighted by atomic mass is 16.5. The van der Waals surface area contributed by atoms with Crippen LogP contribution in [0, 0.1) is 0 Å². The van der Waals surface area contributed by atoms with Crippen molar-refractivity contribution in [1.29, 1.82) is 0 Å². The maximum Gasteiger partial charge on any atom is 0.127 e. The van der Waals surface area contributed by atoms with Crippen LogP contribution in [0.25, 0.3) is 0 Å². The smallest absolute Gasteiger partial charge is 0.127 e. The van der Waals surface area contributed by atoms with Gasteiger partial charge in [0.15, 0.2) is 0 Å². The molecule has 0 aromatic heterocycles. The molecule has 1 N–H and O–H groups in total. The summed E-state index contributed by atoms with van der Waals surface area (Å²) < 4.78 is 10.7. The van der Waals surface area contributed by atoms with E-state index in [-0.39, 0.29) is 5.54 Å². The van der Waals surface area contributed by atoms with E-state index in [1.54, 1.807) is 14.2 Å². The Kier molecular flexibility index (Phi) is 3.06. The normalized spacial score (nSPS) is 24.4. The van der Waals surface area contributed by atoms with Gasteiger partial charge in [-0.15, -0.1) is 0 Å². The molecular formula is C13H19NO2. The average molecular weight is 221 g/mol. The summed E-state index contributed by atoms with van der Waals surface area (Å²) in [7, 11) is 3.38. The standard InChI is InChI=1S/C13H19NO2/c1-13(7-4-8-14-13)11-6-5-10(15-2)9-12(11)16-3/h5-6,9,14H,4,7-8H2,1-3H3. The zero-order valence-corrected chi connectivity index (χ0v) is 10.2. The van der Waals surface area contributed by atoms with Crippen molar-refractivity contribution in [2.24, 2.45) is 0 Å². The minimum Gasteiger partial charge on any atom is -0.497 e. The van der Waals surface area contributed by atoms with Crippen LogP contribution in [-0.2, 0) is 5.54 Å². The summed E-state index contributed by atoms with van der Waals surface area (Å²) in [5.74, 6) is 1.73. The molecule has 1 aliphatic rings. The van der Waals surface area contributed by atoms with E-state index in [4.69, 9.17) is 9.47 Å². The zero-order valence-electron chi connectivity index (χ0n) is 10.2. The van der Waals surface area contributed by atoms with Crippen molar-refractivity contribution in [2.45, 2.75) is 25.3 Å². The fourth-order valence-electron chi connectivity index (χ4n) is 2.38. The van der Waals surface area contributed by atoms with Gasteiger partial charge in [-0.25, -0.2) is 0 Å². The number of nitrogens with one attached hydrogen (secondary N) is 1. The van der Waals surface area contributed by atoms with Crippen LogP contribution in [0.1, 0.15) is 25.3 Å². The van der Waals surface area contributed by atoms with Crippen LogP contribution in [0.15, 0.2) is 18.2 Å². The minimum atomic E-state index is 0.0393. The molecule has 1 fully saturated rings. The zero-order chi connectivity index (χ0) is 11.6. The van der Waals surface area contributed by atoms with Gasteiger partial charge < -0.3 is 14.8 Å². The summed E-state index contributed by atoms with van der Waals surface area (Å²) in [5.41, 5.74) is 1.26. The van der Waals surface area contributed by atoms with Crippen LogP contribution >= 0.6 is 0 Å². The highest BCUT2D eigenvalue weighted by Gasteiger charge is 2.32. The second-order valence-electron chi connectivity index (χ2n) is 4.43. The third-order valence-corrected chi connectivity index (χ3v) is 3.37. The molecule has 1 aromatic carbocycles. The van der Waals surface area contributed by atoms with Gasteiger partial charge in [-0.3, -0.25) is 0 Å². The van der Waals surface area contributed by atoms with Crippen molar-refractivity contribution in [2.75, 3.05) is 20.8 Å². The summed E-state index contributed by atoms with van der Waals surface area (Å²) in [6.45, 7) is 3.30. The van der Waals surface area contributed by atoms with E-state index in [0.717, 1.165) is 24.5 Å². The molecule has 3 heteroatoms. The number of rotatable bonds is 3. The molecule has 0 saturated carbocycles. The van der Waals surface area contributed by atoms with Crippen LogP contribution in [-0.4, -0.2) is 20.8 Å². The van der Waals surface area contributed by atoms with E-state index >= 15 is 0 Å². The third-order valence-electron chi connectivity index (χ3n) is 3.37. The van der Waals surface area contributed by atoms with Gasteiger partial charge in [0.25, 0.3) is 0 Å². The van der Waals surface area contributed by atoms with Gasteiger partial charge in [0.2, 0.25) is 0 Å². The molecule has 2 rings (SSSR count). The first-order chi connectivity index (χ1) is 7.69. The number of ether oxygens (including phenoxy) is 2. The van der Waals surface area contributed by atoms with Crippen molar-refractivity contribution in [3.8, 4) is 11.5 Å². The maximum atomic E-state index is 5.45. The van der Waals surface area contributed by atoms with Gasteiger partial charge in [0, 0.05) is 17.2 Å². The first-order valence-electron chi connectivity index (χ1n) is 5.67. The van der Waals surface area contributed by atoms with Crippen molar-refractivity contribution in [3.05, 3.63) is 23.8 Å². The Morgan fingerprint density at radius 3 is 2.62 bits per heavy atom. The molecule has 1 saturated heterocycles. The highest BCUT2D eigenvalue weighted by Crippen LogP contribution is 2.37. The second kappa shape index (κ2) is 4.34. The monoisotopic (exact) mass is 221 g/mol. The van der Waals surface area contributed by atoms with Gasteiger partial charge in [-0.05, 0) is 38.4 Å². The van der Waals surface area contributed by atoms with Crippen LogP contribution < -0.4 is 14.8 Å². The molecule has 0 aliphatic carbocycles. The number of hydrogen-bond acceptors (Lipinski definition) is 3. The molecule has 0 spiro atoms. The Hall–Kier alpha value is -1.22. The molecule has 0 radical (unpaired) electrons. The van der Waals surface area contributed by atoms with Crippen molar-refractivity contribution in [1.82, 2.24) is 5.32 Å². The number of hydrogen-bond donors (Lipinski definition) is 1. The Morgan fingerprint density at radius 1 is 1.25 bits per heavy atom. The van der Waals surface area contributed by atoms with Gasteiger partial charge in [0.1, 0.15) is 11.5 Å². The van der Waals surface area contributed by atoms with E-state index in [1.165, 1.54) is 12.0 Å². The molecule has 1 aliphatic heterocycles. The van der Waals surface area contributed by atoms with E-state index in [1.807, 2.05) is 12.1 Å². The lowest BCUT2D eigenvalue weighted by atomic mass is 9.89. The summed E-state index contributed by atoms with van der Waals surface area (Å²) in [6.07, 6.45) is 2.36. The van der Waals surface area contributed by atoms with E-state index in [0.29, 0.717) is 0 Å². The molecule has 0 amide bonds. The SMILES string of the molecule is COc1ccc(C2(C)CCCN2)c(OC)c1. The summed E-state index contributed by atoms with van der Waals surface area (Å²) >= 11 is 0. The molecule has 1 atom stereocenters. The fraction of sp³-hybridized carbons (Fsp3) is 0.538. The molecule has 3 nitrogen and oxygen atoms in total. The van der Waals surface area contributed by atoms with E-state index in [2.05, 4.69) is 18.3 Å². The average Bonchev–Trinajstić information content (AvgIpc) is 2.76. The first-order valence-corrected chi connectivity index (χ1v) is 5.67. The lowest BCUT2D eigenvalue weighted by Crippen LogP contribution is -2.33. The largest absolute Gasteiger partial charge is 0.497 e. The predicted octanol–water partition coefficient (Wildman–Crippen LogP) is 2.30. The molecule has 0 bridgehead atoms.